The monoisotopic (exact) mass is 463 g/mol. The van der Waals surface area contributed by atoms with Crippen LogP contribution in [-0.4, -0.2) is 70.0 Å². The Morgan fingerprint density at radius 3 is 1.83 bits per heavy atom. The van der Waals surface area contributed by atoms with Crippen LogP contribution in [0.1, 0.15) is 55.4 Å². The van der Waals surface area contributed by atoms with Gasteiger partial charge in [0.1, 0.15) is 6.10 Å². The number of ether oxygens (including phenoxy) is 1. The Balaban J connectivity index is 3.34. The van der Waals surface area contributed by atoms with Crippen LogP contribution < -0.4 is 5.73 Å². The van der Waals surface area contributed by atoms with Gasteiger partial charge in [-0.2, -0.15) is 0 Å². The molecule has 1 saturated heterocycles. The fraction of sp³-hybridized carbons (Fsp3) is 1.00. The van der Waals surface area contributed by atoms with Crippen LogP contribution >= 0.6 is 0 Å². The van der Waals surface area contributed by atoms with Gasteiger partial charge in [0, 0.05) is 5.92 Å². The molecule has 1 heterocycles. The van der Waals surface area contributed by atoms with Gasteiger partial charge in [-0.25, -0.2) is 0 Å². The molecule has 5 atom stereocenters. The van der Waals surface area contributed by atoms with Crippen LogP contribution in [0.15, 0.2) is 0 Å². The Hall–Kier alpha value is 0.194. The normalized spacial score (nSPS) is 31.5. The molecule has 1 fully saturated rings. The zero-order valence-corrected chi connectivity index (χ0v) is 23.5. The van der Waals surface area contributed by atoms with Crippen LogP contribution in [0.3, 0.4) is 0 Å². The molecule has 0 aliphatic carbocycles. The first kappa shape index (κ1) is 28.2. The number of hydrogen-bond acceptors (Lipinski definition) is 6. The van der Waals surface area contributed by atoms with E-state index in [0.717, 1.165) is 0 Å². The number of aliphatic hydroxyl groups excluding tert-OH is 2. The van der Waals surface area contributed by atoms with Gasteiger partial charge in [0.25, 0.3) is 0 Å². The highest BCUT2D eigenvalue weighted by Crippen LogP contribution is 2.42. The van der Waals surface area contributed by atoms with E-state index in [1.54, 1.807) is 0 Å². The van der Waals surface area contributed by atoms with Gasteiger partial charge in [-0.15, -0.1) is 0 Å². The highest BCUT2D eigenvalue weighted by Gasteiger charge is 2.52. The summed E-state index contributed by atoms with van der Waals surface area (Å²) in [6, 6.07) is -0.675. The second-order valence-electron chi connectivity index (χ2n) is 12.5. The van der Waals surface area contributed by atoms with Crippen molar-refractivity contribution in [3.8, 4) is 0 Å². The van der Waals surface area contributed by atoms with Crippen molar-refractivity contribution < 1.29 is 23.8 Å². The molecule has 0 bridgehead atoms. The van der Waals surface area contributed by atoms with E-state index in [1.165, 1.54) is 0 Å². The third-order valence-electron chi connectivity index (χ3n) is 7.75. The topological polar surface area (TPSA) is 94.2 Å². The molecule has 0 aromatic rings. The van der Waals surface area contributed by atoms with Crippen molar-refractivity contribution in [3.05, 3.63) is 0 Å². The Kier molecular flexibility index (Phi) is 8.67. The van der Waals surface area contributed by atoms with E-state index in [4.69, 9.17) is 19.3 Å². The molecule has 1 aliphatic heterocycles. The third kappa shape index (κ3) is 6.16. The van der Waals surface area contributed by atoms with Gasteiger partial charge < -0.3 is 29.5 Å². The Morgan fingerprint density at radius 2 is 1.43 bits per heavy atom. The molecule has 0 unspecified atom stereocenters. The zero-order valence-electron chi connectivity index (χ0n) is 21.5. The SMILES string of the molecule is CC1(C)O[C@@H](CO[Si](C)(C)C(C)(C)C)[C@@H](O[Si](C)(C)C(C)(C)C)[C@H](N)[C@@H](O)[C@@H]1CO. The summed E-state index contributed by atoms with van der Waals surface area (Å²) in [6.07, 6.45) is -1.87. The van der Waals surface area contributed by atoms with Gasteiger partial charge in [0.15, 0.2) is 16.6 Å². The Morgan fingerprint density at radius 1 is 0.967 bits per heavy atom. The molecule has 0 saturated carbocycles. The van der Waals surface area contributed by atoms with E-state index in [1.807, 2.05) is 13.8 Å². The van der Waals surface area contributed by atoms with Crippen LogP contribution in [0.4, 0.5) is 0 Å². The van der Waals surface area contributed by atoms with Gasteiger partial charge in [-0.1, -0.05) is 41.5 Å². The summed E-state index contributed by atoms with van der Waals surface area (Å²) in [5.41, 5.74) is 5.82. The maximum absolute atomic E-state index is 11.0. The van der Waals surface area contributed by atoms with Crippen molar-refractivity contribution in [2.24, 2.45) is 11.7 Å². The van der Waals surface area contributed by atoms with Crippen LogP contribution in [0, 0.1) is 5.92 Å². The maximum Gasteiger partial charge on any atom is 0.192 e. The quantitative estimate of drug-likeness (QED) is 0.518. The van der Waals surface area contributed by atoms with Crippen molar-refractivity contribution in [2.75, 3.05) is 13.2 Å². The molecule has 0 radical (unpaired) electrons. The molecule has 30 heavy (non-hydrogen) atoms. The van der Waals surface area contributed by atoms with Crippen LogP contribution in [0.2, 0.25) is 36.3 Å². The summed E-state index contributed by atoms with van der Waals surface area (Å²) in [4.78, 5) is 0. The highest BCUT2D eigenvalue weighted by molar-refractivity contribution is 6.74. The first-order chi connectivity index (χ1) is 13.2. The van der Waals surface area contributed by atoms with Crippen molar-refractivity contribution in [1.29, 1.82) is 0 Å². The first-order valence-corrected chi connectivity index (χ1v) is 17.0. The van der Waals surface area contributed by atoms with Gasteiger partial charge in [0.05, 0.1) is 37.1 Å². The van der Waals surface area contributed by atoms with E-state index < -0.39 is 52.5 Å². The summed E-state index contributed by atoms with van der Waals surface area (Å²) in [6.45, 7) is 25.9. The molecule has 0 aromatic heterocycles. The van der Waals surface area contributed by atoms with Crippen molar-refractivity contribution >= 4 is 16.6 Å². The standard InChI is InChI=1S/C22H49NO5Si2/c1-20(2,3)29(9,10)26-14-16-19(28-30(11,12)21(4,5)6)17(23)18(25)15(13-24)22(7,8)27-16/h15-19,24-25H,13-14,23H2,1-12H3/t15-,16-,17+,18-,19+/m0/s1. The summed E-state index contributed by atoms with van der Waals surface area (Å²) >= 11 is 0. The zero-order chi connectivity index (χ0) is 23.9. The minimum atomic E-state index is -2.20. The van der Waals surface area contributed by atoms with E-state index in [9.17, 15) is 10.2 Å². The Bertz CT molecular complexity index is 569. The summed E-state index contributed by atoms with van der Waals surface area (Å²) in [5.74, 6) is -0.504. The van der Waals surface area contributed by atoms with Crippen LogP contribution in [-0.2, 0) is 13.6 Å². The lowest BCUT2D eigenvalue weighted by molar-refractivity contribution is -0.147. The molecular formula is C22H49NO5Si2. The van der Waals surface area contributed by atoms with Crippen molar-refractivity contribution in [2.45, 2.75) is 122 Å². The largest absolute Gasteiger partial charge is 0.414 e. The van der Waals surface area contributed by atoms with E-state index in [-0.39, 0.29) is 16.7 Å². The fourth-order valence-corrected chi connectivity index (χ4v) is 5.66. The van der Waals surface area contributed by atoms with E-state index in [0.29, 0.717) is 6.61 Å². The summed E-state index contributed by atoms with van der Waals surface area (Å²) < 4.78 is 19.8. The van der Waals surface area contributed by atoms with Crippen LogP contribution in [0.5, 0.6) is 0 Å². The minimum absolute atomic E-state index is 0.0132. The summed E-state index contributed by atoms with van der Waals surface area (Å²) in [7, 11) is -4.21. The molecule has 0 aromatic carbocycles. The molecule has 6 nitrogen and oxygen atoms in total. The summed E-state index contributed by atoms with van der Waals surface area (Å²) in [5, 5.41) is 21.1. The highest BCUT2D eigenvalue weighted by atomic mass is 28.4. The first-order valence-electron chi connectivity index (χ1n) is 11.2. The fourth-order valence-electron chi connectivity index (χ4n) is 3.30. The van der Waals surface area contributed by atoms with Crippen molar-refractivity contribution in [1.82, 2.24) is 0 Å². The predicted molar refractivity (Wildman–Crippen MR) is 129 cm³/mol. The average Bonchev–Trinajstić information content (AvgIpc) is 2.59. The second kappa shape index (κ2) is 9.21. The number of rotatable bonds is 6. The number of nitrogens with two attached hydrogens (primary N) is 1. The Labute approximate surface area is 187 Å². The lowest BCUT2D eigenvalue weighted by Crippen LogP contribution is -2.58. The smallest absolute Gasteiger partial charge is 0.192 e. The third-order valence-corrected chi connectivity index (χ3v) is 16.7. The van der Waals surface area contributed by atoms with Gasteiger partial charge in [0.2, 0.25) is 0 Å². The minimum Gasteiger partial charge on any atom is -0.414 e. The molecule has 180 valence electrons. The van der Waals surface area contributed by atoms with Crippen LogP contribution in [0.25, 0.3) is 0 Å². The molecule has 1 aliphatic rings. The lowest BCUT2D eigenvalue weighted by atomic mass is 9.83. The van der Waals surface area contributed by atoms with Gasteiger partial charge >= 0.3 is 0 Å². The van der Waals surface area contributed by atoms with Crippen molar-refractivity contribution in [3.63, 3.8) is 0 Å². The van der Waals surface area contributed by atoms with Gasteiger partial charge in [-0.05, 0) is 50.1 Å². The second-order valence-corrected chi connectivity index (χ2v) is 22.1. The lowest BCUT2D eigenvalue weighted by Gasteiger charge is -2.44. The number of aliphatic hydroxyl groups is 2. The average molecular weight is 464 g/mol. The number of hydrogen-bond donors (Lipinski definition) is 3. The molecule has 8 heteroatoms. The molecule has 0 amide bonds. The predicted octanol–water partition coefficient (Wildman–Crippen LogP) is 3.87. The van der Waals surface area contributed by atoms with E-state index >= 15 is 0 Å². The maximum atomic E-state index is 11.0. The molecular weight excluding hydrogens is 414 g/mol. The molecule has 1 rings (SSSR count). The molecule has 4 N–H and O–H groups in total. The van der Waals surface area contributed by atoms with Gasteiger partial charge in [-0.3, -0.25) is 0 Å². The van der Waals surface area contributed by atoms with E-state index in [2.05, 4.69) is 67.7 Å². The molecule has 0 spiro atoms.